The lowest BCUT2D eigenvalue weighted by Gasteiger charge is -2.31. The summed E-state index contributed by atoms with van der Waals surface area (Å²) in [7, 11) is 4.66. The molecule has 1 amide bonds. The Morgan fingerprint density at radius 2 is 1.47 bits per heavy atom. The molecule has 0 bridgehead atoms. The van der Waals surface area contributed by atoms with E-state index in [-0.39, 0.29) is 11.8 Å². The summed E-state index contributed by atoms with van der Waals surface area (Å²) in [5.41, 5.74) is 0.695. The summed E-state index contributed by atoms with van der Waals surface area (Å²) in [5, 5.41) is 6.09. The molecule has 0 aliphatic carbocycles. The third-order valence-electron chi connectivity index (χ3n) is 6.39. The summed E-state index contributed by atoms with van der Waals surface area (Å²) in [6.45, 7) is 2.23. The predicted octanol–water partition coefficient (Wildman–Crippen LogP) is 5.50. The van der Waals surface area contributed by atoms with Crippen molar-refractivity contribution >= 4 is 5.91 Å². The number of ether oxygens (including phenoxy) is 2. The van der Waals surface area contributed by atoms with Gasteiger partial charge in [0.1, 0.15) is 5.54 Å². The van der Waals surface area contributed by atoms with Crippen LogP contribution in [0.25, 0.3) is 0 Å². The van der Waals surface area contributed by atoms with Crippen LogP contribution in [0.4, 0.5) is 13.2 Å². The van der Waals surface area contributed by atoms with Crippen molar-refractivity contribution in [2.75, 3.05) is 27.8 Å². The van der Waals surface area contributed by atoms with Crippen LogP contribution in [-0.2, 0) is 16.5 Å². The number of carbonyl (C=O) groups is 1. The number of benzene rings is 3. The van der Waals surface area contributed by atoms with E-state index in [2.05, 4.69) is 10.6 Å². The van der Waals surface area contributed by atoms with Crippen LogP contribution in [0.3, 0.4) is 0 Å². The molecule has 8 heteroatoms. The Morgan fingerprint density at radius 1 is 0.861 bits per heavy atom. The van der Waals surface area contributed by atoms with Crippen LogP contribution in [0.1, 0.15) is 41.5 Å². The number of halogens is 3. The minimum Gasteiger partial charge on any atom is -0.493 e. The number of nitrogens with one attached hydrogen (secondary N) is 2. The van der Waals surface area contributed by atoms with E-state index in [1.165, 1.54) is 26.4 Å². The van der Waals surface area contributed by atoms with Gasteiger partial charge in [-0.3, -0.25) is 10.1 Å². The van der Waals surface area contributed by atoms with Gasteiger partial charge >= 0.3 is 6.18 Å². The van der Waals surface area contributed by atoms with Crippen LogP contribution in [-0.4, -0.2) is 33.7 Å². The summed E-state index contributed by atoms with van der Waals surface area (Å²) < 4.78 is 50.2. The zero-order chi connectivity index (χ0) is 26.3. The van der Waals surface area contributed by atoms with Crippen LogP contribution in [0.5, 0.6) is 11.5 Å². The fourth-order valence-corrected chi connectivity index (χ4v) is 4.30. The summed E-state index contributed by atoms with van der Waals surface area (Å²) >= 11 is 0. The highest BCUT2D eigenvalue weighted by atomic mass is 19.4. The van der Waals surface area contributed by atoms with Gasteiger partial charge in [-0.1, -0.05) is 48.5 Å². The molecule has 2 atom stereocenters. The minimum absolute atomic E-state index is 0.189. The van der Waals surface area contributed by atoms with E-state index in [9.17, 15) is 18.0 Å². The minimum atomic E-state index is -4.41. The van der Waals surface area contributed by atoms with E-state index in [4.69, 9.17) is 9.47 Å². The van der Waals surface area contributed by atoms with E-state index >= 15 is 0 Å². The average Bonchev–Trinajstić information content (AvgIpc) is 2.90. The van der Waals surface area contributed by atoms with Crippen molar-refractivity contribution in [3.8, 4) is 11.5 Å². The topological polar surface area (TPSA) is 59.6 Å². The second kappa shape index (κ2) is 11.5. The normalized spacial score (nSPS) is 14.0. The van der Waals surface area contributed by atoms with Gasteiger partial charge in [-0.15, -0.1) is 0 Å². The number of hydrogen-bond donors (Lipinski definition) is 2. The maximum absolute atomic E-state index is 13.2. The molecule has 3 aromatic carbocycles. The van der Waals surface area contributed by atoms with Gasteiger partial charge < -0.3 is 14.8 Å². The van der Waals surface area contributed by atoms with Gasteiger partial charge in [-0.25, -0.2) is 0 Å². The standard InChI is InChI=1S/C28H31F3N2O3/c1-27(26(34)32-2,21-8-6-5-7-9-21)33-17-16-23(19-10-13-22(14-11-19)28(29,30)31)20-12-15-24(35-3)25(18-20)36-4/h5-15,18,23,33H,16-17H2,1-4H3,(H,32,34)/t23-,27+/m0/s1. The summed E-state index contributed by atoms with van der Waals surface area (Å²) in [5.74, 6) is 0.636. The number of likely N-dealkylation sites (N-methyl/N-ethyl adjacent to an activating group) is 1. The molecule has 0 radical (unpaired) electrons. The number of carbonyl (C=O) groups excluding carboxylic acids is 1. The first-order valence-electron chi connectivity index (χ1n) is 11.6. The molecule has 36 heavy (non-hydrogen) atoms. The lowest BCUT2D eigenvalue weighted by atomic mass is 9.86. The Bertz CT molecular complexity index is 1150. The smallest absolute Gasteiger partial charge is 0.416 e. The number of alkyl halides is 3. The Labute approximate surface area is 209 Å². The summed E-state index contributed by atoms with van der Waals surface area (Å²) in [6.07, 6.45) is -3.90. The van der Waals surface area contributed by atoms with Gasteiger partial charge in [-0.05, 0) is 60.8 Å². The first-order valence-corrected chi connectivity index (χ1v) is 11.6. The Kier molecular flexibility index (Phi) is 8.63. The van der Waals surface area contributed by atoms with Crippen molar-refractivity contribution in [1.82, 2.24) is 10.6 Å². The van der Waals surface area contributed by atoms with Crippen molar-refractivity contribution in [2.24, 2.45) is 0 Å². The van der Waals surface area contributed by atoms with Gasteiger partial charge in [0.2, 0.25) is 5.91 Å². The van der Waals surface area contributed by atoms with Crippen LogP contribution in [0, 0.1) is 0 Å². The van der Waals surface area contributed by atoms with Crippen LogP contribution in [0.2, 0.25) is 0 Å². The fraction of sp³-hybridized carbons (Fsp3) is 0.321. The first kappa shape index (κ1) is 27.1. The molecule has 0 saturated heterocycles. The van der Waals surface area contributed by atoms with E-state index in [0.29, 0.717) is 24.5 Å². The Morgan fingerprint density at radius 3 is 2.03 bits per heavy atom. The molecular weight excluding hydrogens is 469 g/mol. The zero-order valence-electron chi connectivity index (χ0n) is 20.8. The van der Waals surface area contributed by atoms with E-state index in [1.54, 1.807) is 13.1 Å². The highest BCUT2D eigenvalue weighted by Gasteiger charge is 2.34. The van der Waals surface area contributed by atoms with Crippen molar-refractivity contribution in [3.63, 3.8) is 0 Å². The molecule has 0 aromatic heterocycles. The second-order valence-corrected chi connectivity index (χ2v) is 8.57. The van der Waals surface area contributed by atoms with Crippen LogP contribution < -0.4 is 20.1 Å². The molecule has 5 nitrogen and oxygen atoms in total. The van der Waals surface area contributed by atoms with Gasteiger partial charge in [-0.2, -0.15) is 13.2 Å². The second-order valence-electron chi connectivity index (χ2n) is 8.57. The first-order chi connectivity index (χ1) is 17.1. The SMILES string of the molecule is CNC(=O)[C@](C)(NCC[C@@H](c1ccc(C(F)(F)F)cc1)c1ccc(OC)c(OC)c1)c1ccccc1. The molecule has 0 aliphatic heterocycles. The third kappa shape index (κ3) is 5.99. The molecule has 0 unspecified atom stereocenters. The van der Waals surface area contributed by atoms with E-state index < -0.39 is 17.3 Å². The predicted molar refractivity (Wildman–Crippen MR) is 133 cm³/mol. The number of hydrogen-bond acceptors (Lipinski definition) is 4. The van der Waals surface area contributed by atoms with Crippen molar-refractivity contribution in [2.45, 2.75) is 31.0 Å². The lowest BCUT2D eigenvalue weighted by molar-refractivity contribution is -0.137. The molecule has 3 rings (SSSR count). The van der Waals surface area contributed by atoms with Crippen LogP contribution in [0.15, 0.2) is 72.8 Å². The number of methoxy groups -OCH3 is 2. The molecule has 0 saturated carbocycles. The summed E-state index contributed by atoms with van der Waals surface area (Å²) in [4.78, 5) is 12.8. The van der Waals surface area contributed by atoms with E-state index in [0.717, 1.165) is 28.8 Å². The fourth-order valence-electron chi connectivity index (χ4n) is 4.30. The van der Waals surface area contributed by atoms with Crippen LogP contribution >= 0.6 is 0 Å². The Hall–Kier alpha value is -3.52. The number of rotatable bonds is 10. The van der Waals surface area contributed by atoms with Crippen molar-refractivity contribution in [3.05, 3.63) is 95.1 Å². The summed E-state index contributed by atoms with van der Waals surface area (Å²) in [6, 6.07) is 20.0. The number of amides is 1. The molecule has 2 N–H and O–H groups in total. The Balaban J connectivity index is 1.93. The van der Waals surface area contributed by atoms with Crippen molar-refractivity contribution < 1.29 is 27.4 Å². The van der Waals surface area contributed by atoms with Gasteiger partial charge in [0, 0.05) is 13.0 Å². The highest BCUT2D eigenvalue weighted by Crippen LogP contribution is 2.37. The average molecular weight is 501 g/mol. The van der Waals surface area contributed by atoms with Gasteiger partial charge in [0.25, 0.3) is 0 Å². The monoisotopic (exact) mass is 500 g/mol. The largest absolute Gasteiger partial charge is 0.493 e. The molecule has 3 aromatic rings. The van der Waals surface area contributed by atoms with Gasteiger partial charge in [0.15, 0.2) is 11.5 Å². The van der Waals surface area contributed by atoms with Crippen molar-refractivity contribution in [1.29, 1.82) is 0 Å². The lowest BCUT2D eigenvalue weighted by Crippen LogP contribution is -2.51. The molecule has 0 fully saturated rings. The zero-order valence-corrected chi connectivity index (χ0v) is 20.8. The molecule has 0 aliphatic rings. The van der Waals surface area contributed by atoms with Gasteiger partial charge in [0.05, 0.1) is 19.8 Å². The molecule has 192 valence electrons. The maximum atomic E-state index is 13.2. The quantitative estimate of drug-likeness (QED) is 0.386. The molecular formula is C28H31F3N2O3. The molecule has 0 heterocycles. The third-order valence-corrected chi connectivity index (χ3v) is 6.39. The molecule has 0 spiro atoms. The maximum Gasteiger partial charge on any atom is 0.416 e. The van der Waals surface area contributed by atoms with E-state index in [1.807, 2.05) is 49.4 Å². The highest BCUT2D eigenvalue weighted by molar-refractivity contribution is 5.87.